The van der Waals surface area contributed by atoms with Crippen LogP contribution in [-0.4, -0.2) is 66.9 Å². The van der Waals surface area contributed by atoms with Crippen molar-refractivity contribution in [1.82, 2.24) is 9.80 Å². The van der Waals surface area contributed by atoms with Crippen molar-refractivity contribution in [1.29, 1.82) is 0 Å². The summed E-state index contributed by atoms with van der Waals surface area (Å²) in [4.78, 5) is 4.70. The van der Waals surface area contributed by atoms with Crippen LogP contribution in [0.4, 0.5) is 0 Å². The minimum absolute atomic E-state index is 0.276. The Morgan fingerprint density at radius 3 is 2.50 bits per heavy atom. The third-order valence-corrected chi connectivity index (χ3v) is 3.96. The van der Waals surface area contributed by atoms with E-state index < -0.39 is 6.10 Å². The molecule has 0 radical (unpaired) electrons. The van der Waals surface area contributed by atoms with Crippen LogP contribution in [0.3, 0.4) is 0 Å². The highest BCUT2D eigenvalue weighted by molar-refractivity contribution is 6.32. The minimum Gasteiger partial charge on any atom is -0.489 e. The molecule has 1 atom stereocenters. The Labute approximate surface area is 125 Å². The van der Waals surface area contributed by atoms with E-state index in [1.165, 1.54) is 0 Å². The third-order valence-electron chi connectivity index (χ3n) is 3.65. The third kappa shape index (κ3) is 4.63. The smallest absolute Gasteiger partial charge is 0.138 e. The van der Waals surface area contributed by atoms with Crippen LogP contribution in [0.15, 0.2) is 24.3 Å². The summed E-state index contributed by atoms with van der Waals surface area (Å²) < 4.78 is 5.56. The van der Waals surface area contributed by atoms with Gasteiger partial charge in [0.15, 0.2) is 0 Å². The van der Waals surface area contributed by atoms with Gasteiger partial charge in [0.2, 0.25) is 0 Å². The first kappa shape index (κ1) is 15.6. The van der Waals surface area contributed by atoms with E-state index in [1.807, 2.05) is 18.2 Å². The van der Waals surface area contributed by atoms with E-state index >= 15 is 0 Å². The highest BCUT2D eigenvalue weighted by atomic mass is 35.5. The molecule has 20 heavy (non-hydrogen) atoms. The van der Waals surface area contributed by atoms with Gasteiger partial charge < -0.3 is 14.7 Å². The Hall–Kier alpha value is -0.810. The zero-order valence-corrected chi connectivity index (χ0v) is 12.7. The molecule has 1 aliphatic rings. The molecule has 0 spiro atoms. The van der Waals surface area contributed by atoms with E-state index in [0.717, 1.165) is 32.7 Å². The number of hydrogen-bond acceptors (Lipinski definition) is 4. The Balaban J connectivity index is 1.71. The molecule has 1 aromatic rings. The fraction of sp³-hybridized carbons (Fsp3) is 0.600. The molecule has 0 saturated carbocycles. The summed E-state index contributed by atoms with van der Waals surface area (Å²) in [6.45, 7) is 8.39. The first-order valence-electron chi connectivity index (χ1n) is 7.19. The van der Waals surface area contributed by atoms with Crippen LogP contribution in [-0.2, 0) is 0 Å². The molecular formula is C15H23ClN2O2. The van der Waals surface area contributed by atoms with Crippen molar-refractivity contribution in [3.05, 3.63) is 29.3 Å². The molecule has 112 valence electrons. The van der Waals surface area contributed by atoms with Gasteiger partial charge in [-0.15, -0.1) is 0 Å². The van der Waals surface area contributed by atoms with E-state index in [1.54, 1.807) is 6.07 Å². The monoisotopic (exact) mass is 298 g/mol. The van der Waals surface area contributed by atoms with Crippen molar-refractivity contribution in [2.45, 2.75) is 13.0 Å². The lowest BCUT2D eigenvalue weighted by molar-refractivity contribution is 0.0471. The number of nitrogens with zero attached hydrogens (tertiary/aromatic N) is 2. The molecular weight excluding hydrogens is 276 g/mol. The lowest BCUT2D eigenvalue weighted by atomic mass is 10.2. The van der Waals surface area contributed by atoms with Gasteiger partial charge in [0, 0.05) is 32.7 Å². The SMILES string of the molecule is CCN1CCN(CC(O)COc2ccccc2Cl)CC1. The van der Waals surface area contributed by atoms with Crippen LogP contribution in [0.1, 0.15) is 6.92 Å². The largest absolute Gasteiger partial charge is 0.489 e. The van der Waals surface area contributed by atoms with E-state index in [-0.39, 0.29) is 6.61 Å². The van der Waals surface area contributed by atoms with Crippen LogP contribution >= 0.6 is 11.6 Å². The molecule has 0 amide bonds. The van der Waals surface area contributed by atoms with Gasteiger partial charge in [0.1, 0.15) is 18.5 Å². The number of ether oxygens (including phenoxy) is 1. The van der Waals surface area contributed by atoms with Crippen molar-refractivity contribution in [2.75, 3.05) is 45.9 Å². The molecule has 1 heterocycles. The number of likely N-dealkylation sites (N-methyl/N-ethyl adjacent to an activating group) is 1. The normalized spacial score (nSPS) is 18.9. The van der Waals surface area contributed by atoms with Crippen LogP contribution in [0.5, 0.6) is 5.75 Å². The lowest BCUT2D eigenvalue weighted by Crippen LogP contribution is -2.49. The average molecular weight is 299 g/mol. The van der Waals surface area contributed by atoms with Crippen molar-refractivity contribution >= 4 is 11.6 Å². The van der Waals surface area contributed by atoms with Crippen molar-refractivity contribution in [3.8, 4) is 5.75 Å². The second-order valence-corrected chi connectivity index (χ2v) is 5.54. The van der Waals surface area contributed by atoms with Gasteiger partial charge in [-0.3, -0.25) is 4.90 Å². The van der Waals surface area contributed by atoms with Gasteiger partial charge in [-0.25, -0.2) is 0 Å². The second kappa shape index (κ2) is 7.84. The number of piperazine rings is 1. The first-order valence-corrected chi connectivity index (χ1v) is 7.57. The van der Waals surface area contributed by atoms with Gasteiger partial charge in [-0.1, -0.05) is 30.7 Å². The molecule has 0 aliphatic carbocycles. The summed E-state index contributed by atoms with van der Waals surface area (Å²) in [6, 6.07) is 7.33. The summed E-state index contributed by atoms with van der Waals surface area (Å²) in [7, 11) is 0. The number of rotatable bonds is 6. The standard InChI is InChI=1S/C15H23ClN2O2/c1-2-17-7-9-18(10-8-17)11-13(19)12-20-15-6-4-3-5-14(15)16/h3-6,13,19H,2,7-12H2,1H3. The number of hydrogen-bond donors (Lipinski definition) is 1. The maximum atomic E-state index is 10.1. The van der Waals surface area contributed by atoms with Crippen LogP contribution in [0.2, 0.25) is 5.02 Å². The van der Waals surface area contributed by atoms with Gasteiger partial charge in [0.25, 0.3) is 0 Å². The van der Waals surface area contributed by atoms with Crippen LogP contribution in [0.25, 0.3) is 0 Å². The Morgan fingerprint density at radius 2 is 1.85 bits per heavy atom. The number of aliphatic hydroxyl groups excluding tert-OH is 1. The second-order valence-electron chi connectivity index (χ2n) is 5.13. The summed E-state index contributed by atoms with van der Waals surface area (Å²) in [5.74, 6) is 0.629. The van der Waals surface area contributed by atoms with E-state index in [4.69, 9.17) is 16.3 Å². The molecule has 1 N–H and O–H groups in total. The molecule has 1 aliphatic heterocycles. The van der Waals surface area contributed by atoms with Crippen molar-refractivity contribution in [3.63, 3.8) is 0 Å². The molecule has 1 fully saturated rings. The molecule has 1 aromatic carbocycles. The van der Waals surface area contributed by atoms with Gasteiger partial charge in [-0.2, -0.15) is 0 Å². The van der Waals surface area contributed by atoms with Crippen molar-refractivity contribution in [2.24, 2.45) is 0 Å². The van der Waals surface area contributed by atoms with Gasteiger partial charge in [-0.05, 0) is 18.7 Å². The topological polar surface area (TPSA) is 35.9 Å². The highest BCUT2D eigenvalue weighted by Crippen LogP contribution is 2.23. The summed E-state index contributed by atoms with van der Waals surface area (Å²) >= 11 is 6.01. The summed E-state index contributed by atoms with van der Waals surface area (Å²) in [5.41, 5.74) is 0. The maximum Gasteiger partial charge on any atom is 0.138 e. The Kier molecular flexibility index (Phi) is 6.10. The van der Waals surface area contributed by atoms with Crippen LogP contribution in [0, 0.1) is 0 Å². The lowest BCUT2D eigenvalue weighted by Gasteiger charge is -2.34. The minimum atomic E-state index is -0.487. The zero-order chi connectivity index (χ0) is 14.4. The Bertz CT molecular complexity index is 409. The molecule has 4 nitrogen and oxygen atoms in total. The fourth-order valence-electron chi connectivity index (χ4n) is 2.39. The van der Waals surface area contributed by atoms with Gasteiger partial charge in [0.05, 0.1) is 5.02 Å². The zero-order valence-electron chi connectivity index (χ0n) is 12.0. The van der Waals surface area contributed by atoms with E-state index in [0.29, 0.717) is 17.3 Å². The van der Waals surface area contributed by atoms with E-state index in [2.05, 4.69) is 16.7 Å². The summed E-state index contributed by atoms with van der Waals surface area (Å²) in [5, 5.41) is 10.6. The number of aliphatic hydroxyl groups is 1. The number of para-hydroxylation sites is 1. The predicted octanol–water partition coefficient (Wildman–Crippen LogP) is 1.72. The fourth-order valence-corrected chi connectivity index (χ4v) is 2.58. The van der Waals surface area contributed by atoms with E-state index in [9.17, 15) is 5.11 Å². The highest BCUT2D eigenvalue weighted by Gasteiger charge is 2.18. The molecule has 2 rings (SSSR count). The average Bonchev–Trinajstić information content (AvgIpc) is 2.47. The maximum absolute atomic E-state index is 10.1. The number of halogens is 1. The molecule has 1 unspecified atom stereocenters. The molecule has 0 aromatic heterocycles. The first-order chi connectivity index (χ1) is 9.69. The molecule has 1 saturated heterocycles. The predicted molar refractivity (Wildman–Crippen MR) is 81.5 cm³/mol. The Morgan fingerprint density at radius 1 is 1.20 bits per heavy atom. The van der Waals surface area contributed by atoms with Crippen molar-refractivity contribution < 1.29 is 9.84 Å². The summed E-state index contributed by atoms with van der Waals surface area (Å²) in [6.07, 6.45) is -0.487. The number of benzene rings is 1. The quantitative estimate of drug-likeness (QED) is 0.867. The molecule has 0 bridgehead atoms. The number of β-amino-alcohol motifs (C(OH)–C–C–N with tert-alkyl or cyclic N) is 1. The molecule has 5 heteroatoms. The van der Waals surface area contributed by atoms with Crippen LogP contribution < -0.4 is 4.74 Å². The van der Waals surface area contributed by atoms with Gasteiger partial charge >= 0.3 is 0 Å².